The Kier molecular flexibility index (Phi) is 11.5. The molecular weight excluding hydrogens is 413 g/mol. The average Bonchev–Trinajstić information content (AvgIpc) is 2.72. The van der Waals surface area contributed by atoms with Gasteiger partial charge >= 0.3 is 0 Å². The number of hydrogen-bond donors (Lipinski definition) is 2. The molecule has 0 aliphatic carbocycles. The second kappa shape index (κ2) is 12.7. The molecule has 2 saturated heterocycles. The largest absolute Gasteiger partial charge is 0.383 e. The Hall–Kier alpha value is -0.890. The van der Waals surface area contributed by atoms with Crippen molar-refractivity contribution in [2.75, 3.05) is 45.9 Å². The summed E-state index contributed by atoms with van der Waals surface area (Å²) >= 11 is 0. The normalized spacial score (nSPS) is 25.0. The van der Waals surface area contributed by atoms with Gasteiger partial charge in [0.2, 0.25) is 5.91 Å². The molecule has 2 aliphatic rings. The summed E-state index contributed by atoms with van der Waals surface area (Å²) in [5.74, 6) is 0.195. The third-order valence-electron chi connectivity index (χ3n) is 5.92. The van der Waals surface area contributed by atoms with Crippen LogP contribution in [0.15, 0.2) is 30.3 Å². The Labute approximate surface area is 186 Å². The molecule has 3 N–H and O–H groups in total. The van der Waals surface area contributed by atoms with Crippen LogP contribution >= 0.6 is 24.8 Å². The molecule has 8 heteroatoms. The lowest BCUT2D eigenvalue weighted by Gasteiger charge is -2.50. The van der Waals surface area contributed by atoms with Crippen LogP contribution in [0.5, 0.6) is 0 Å². The molecular formula is C21H35Cl2N3O3. The summed E-state index contributed by atoms with van der Waals surface area (Å²) in [4.78, 5) is 16.9. The molecule has 0 unspecified atom stereocenters. The van der Waals surface area contributed by atoms with E-state index in [4.69, 9.17) is 10.5 Å². The van der Waals surface area contributed by atoms with Crippen LogP contribution in [0.4, 0.5) is 0 Å². The van der Waals surface area contributed by atoms with Crippen LogP contribution < -0.4 is 5.73 Å². The first-order chi connectivity index (χ1) is 13.1. The van der Waals surface area contributed by atoms with Gasteiger partial charge in [-0.3, -0.25) is 9.69 Å². The second-order valence-electron chi connectivity index (χ2n) is 7.64. The lowest BCUT2D eigenvalue weighted by Crippen LogP contribution is -2.63. The van der Waals surface area contributed by atoms with E-state index >= 15 is 0 Å². The number of hydrogen-bond acceptors (Lipinski definition) is 5. The van der Waals surface area contributed by atoms with Crippen LogP contribution in [0.1, 0.15) is 37.7 Å². The molecule has 2 atom stereocenters. The van der Waals surface area contributed by atoms with E-state index in [9.17, 15) is 9.90 Å². The molecule has 1 aromatic rings. The zero-order valence-electron chi connectivity index (χ0n) is 17.0. The summed E-state index contributed by atoms with van der Waals surface area (Å²) in [5, 5.41) is 11.7. The monoisotopic (exact) mass is 447 g/mol. The zero-order chi connectivity index (χ0) is 19.1. The van der Waals surface area contributed by atoms with Crippen molar-refractivity contribution < 1.29 is 14.6 Å². The van der Waals surface area contributed by atoms with Gasteiger partial charge in [0.15, 0.2) is 0 Å². The molecule has 2 aliphatic heterocycles. The number of nitrogens with zero attached hydrogens (tertiary/aromatic N) is 2. The second-order valence-corrected chi connectivity index (χ2v) is 7.64. The molecule has 3 rings (SSSR count). The van der Waals surface area contributed by atoms with E-state index in [2.05, 4.69) is 4.90 Å². The number of ether oxygens (including phenoxy) is 1. The third-order valence-corrected chi connectivity index (χ3v) is 5.92. The molecule has 0 saturated carbocycles. The summed E-state index contributed by atoms with van der Waals surface area (Å²) in [7, 11) is 0. The number of unbranched alkanes of at least 4 members (excludes halogenated alkanes) is 2. The number of halogens is 2. The number of carbonyl (C=O) groups excluding carboxylic acids is 1. The quantitative estimate of drug-likeness (QED) is 0.626. The van der Waals surface area contributed by atoms with E-state index in [-0.39, 0.29) is 36.8 Å². The number of piperidine rings is 1. The van der Waals surface area contributed by atoms with Gasteiger partial charge in [-0.15, -0.1) is 24.8 Å². The lowest BCUT2D eigenvalue weighted by molar-refractivity contribution is -0.147. The van der Waals surface area contributed by atoms with Crippen molar-refractivity contribution in [3.05, 3.63) is 35.9 Å². The third kappa shape index (κ3) is 6.54. The highest BCUT2D eigenvalue weighted by Crippen LogP contribution is 2.36. The first-order valence-electron chi connectivity index (χ1n) is 10.2. The highest BCUT2D eigenvalue weighted by atomic mass is 35.5. The molecule has 2 heterocycles. The maximum absolute atomic E-state index is 12.7. The van der Waals surface area contributed by atoms with Gasteiger partial charge < -0.3 is 20.5 Å². The molecule has 1 amide bonds. The molecule has 6 nitrogen and oxygen atoms in total. The van der Waals surface area contributed by atoms with Crippen LogP contribution in [0.3, 0.4) is 0 Å². The SMILES string of the molecule is Cl.Cl.NCCCCCC(=O)N1CC[C@](O)(c2ccccc2)[C@H](N2CCOCC2)C1. The van der Waals surface area contributed by atoms with Crippen LogP contribution in [0.25, 0.3) is 0 Å². The van der Waals surface area contributed by atoms with E-state index in [1.807, 2.05) is 35.2 Å². The molecule has 29 heavy (non-hydrogen) atoms. The highest BCUT2D eigenvalue weighted by Gasteiger charge is 2.46. The van der Waals surface area contributed by atoms with Gasteiger partial charge in [-0.25, -0.2) is 0 Å². The van der Waals surface area contributed by atoms with Crippen molar-refractivity contribution in [2.45, 2.75) is 43.7 Å². The Morgan fingerprint density at radius 1 is 1.10 bits per heavy atom. The zero-order valence-corrected chi connectivity index (χ0v) is 18.6. The van der Waals surface area contributed by atoms with E-state index in [0.29, 0.717) is 45.7 Å². The number of likely N-dealkylation sites (tertiary alicyclic amines) is 1. The summed E-state index contributed by atoms with van der Waals surface area (Å²) in [6, 6.07) is 9.80. The highest BCUT2D eigenvalue weighted by molar-refractivity contribution is 5.85. The molecule has 0 spiro atoms. The number of amides is 1. The molecule has 0 radical (unpaired) electrons. The molecule has 166 valence electrons. The first kappa shape index (κ1) is 26.1. The van der Waals surface area contributed by atoms with Crippen molar-refractivity contribution in [3.63, 3.8) is 0 Å². The summed E-state index contributed by atoms with van der Waals surface area (Å²) in [6.07, 6.45) is 3.99. The minimum absolute atomic E-state index is 0. The van der Waals surface area contributed by atoms with Gasteiger partial charge in [0.25, 0.3) is 0 Å². The molecule has 0 bridgehead atoms. The van der Waals surface area contributed by atoms with Crippen molar-refractivity contribution in [2.24, 2.45) is 5.73 Å². The van der Waals surface area contributed by atoms with Crippen molar-refractivity contribution in [1.82, 2.24) is 9.80 Å². The van der Waals surface area contributed by atoms with Crippen molar-refractivity contribution in [1.29, 1.82) is 0 Å². The van der Waals surface area contributed by atoms with Crippen molar-refractivity contribution in [3.8, 4) is 0 Å². The average molecular weight is 448 g/mol. The fourth-order valence-corrected chi connectivity index (χ4v) is 4.28. The van der Waals surface area contributed by atoms with E-state index in [1.165, 1.54) is 0 Å². The number of carbonyl (C=O) groups is 1. The van der Waals surface area contributed by atoms with Crippen LogP contribution in [-0.4, -0.2) is 72.8 Å². The van der Waals surface area contributed by atoms with E-state index in [1.54, 1.807) is 0 Å². The maximum Gasteiger partial charge on any atom is 0.222 e. The fourth-order valence-electron chi connectivity index (χ4n) is 4.28. The van der Waals surface area contributed by atoms with Crippen LogP contribution in [0.2, 0.25) is 0 Å². The van der Waals surface area contributed by atoms with Crippen molar-refractivity contribution >= 4 is 30.7 Å². The predicted molar refractivity (Wildman–Crippen MR) is 120 cm³/mol. The van der Waals surface area contributed by atoms with E-state index < -0.39 is 5.60 Å². The molecule has 1 aromatic carbocycles. The fraction of sp³-hybridized carbons (Fsp3) is 0.667. The topological polar surface area (TPSA) is 79.0 Å². The van der Waals surface area contributed by atoms with Gasteiger partial charge in [0.05, 0.1) is 19.3 Å². The standard InChI is InChI=1S/C21H33N3O3.2ClH/c22-11-6-2-5-9-20(25)24-12-10-21(26,18-7-3-1-4-8-18)19(17-24)23-13-15-27-16-14-23;;/h1,3-4,7-8,19,26H,2,5-6,9-17,22H2;2*1H/t19-,21+;;/m1../s1. The van der Waals surface area contributed by atoms with Gasteiger partial charge in [-0.1, -0.05) is 36.8 Å². The van der Waals surface area contributed by atoms with Gasteiger partial charge in [0.1, 0.15) is 5.60 Å². The Morgan fingerprint density at radius 2 is 1.79 bits per heavy atom. The molecule has 0 aromatic heterocycles. The van der Waals surface area contributed by atoms with Crippen LogP contribution in [0, 0.1) is 0 Å². The van der Waals surface area contributed by atoms with E-state index in [0.717, 1.165) is 37.9 Å². The smallest absolute Gasteiger partial charge is 0.222 e. The number of nitrogens with two attached hydrogens (primary N) is 1. The number of aliphatic hydroxyl groups is 1. The van der Waals surface area contributed by atoms with Crippen LogP contribution in [-0.2, 0) is 15.1 Å². The molecule has 2 fully saturated rings. The number of morpholine rings is 1. The Balaban J connectivity index is 0.00000210. The Bertz CT molecular complexity index is 602. The number of benzene rings is 1. The van der Waals surface area contributed by atoms with Gasteiger partial charge in [-0.05, 0) is 31.4 Å². The summed E-state index contributed by atoms with van der Waals surface area (Å²) < 4.78 is 5.50. The summed E-state index contributed by atoms with van der Waals surface area (Å²) in [5.41, 5.74) is 5.54. The Morgan fingerprint density at radius 3 is 2.45 bits per heavy atom. The summed E-state index contributed by atoms with van der Waals surface area (Å²) in [6.45, 7) is 4.78. The first-order valence-corrected chi connectivity index (χ1v) is 10.2. The maximum atomic E-state index is 12.7. The minimum Gasteiger partial charge on any atom is -0.383 e. The van der Waals surface area contributed by atoms with Gasteiger partial charge in [-0.2, -0.15) is 0 Å². The minimum atomic E-state index is -0.936. The lowest BCUT2D eigenvalue weighted by atomic mass is 9.79. The number of rotatable bonds is 7. The van der Waals surface area contributed by atoms with Gasteiger partial charge in [0, 0.05) is 32.6 Å². The predicted octanol–water partition coefficient (Wildman–Crippen LogP) is 2.17.